The number of aromatic nitrogens is 4. The smallest absolute Gasteiger partial charge is 0.258 e. The van der Waals surface area contributed by atoms with Crippen LogP contribution in [-0.4, -0.2) is 25.7 Å². The number of aryl methyl sites for hydroxylation is 2. The summed E-state index contributed by atoms with van der Waals surface area (Å²) in [5, 5.41) is 1.54. The first kappa shape index (κ1) is 13.9. The third-order valence-corrected chi connectivity index (χ3v) is 4.11. The molecule has 0 spiro atoms. The number of para-hydroxylation sites is 1. The molecule has 0 bridgehead atoms. The highest BCUT2D eigenvalue weighted by molar-refractivity contribution is 7.99. The minimum Gasteiger partial charge on any atom is -0.337 e. The molecule has 0 amide bonds. The second kappa shape index (κ2) is 6.13. The van der Waals surface area contributed by atoms with Gasteiger partial charge in [-0.15, -0.1) is 0 Å². The molecule has 2 aromatic heterocycles. The summed E-state index contributed by atoms with van der Waals surface area (Å²) in [5.74, 6) is 1.53. The molecule has 0 fully saturated rings. The van der Waals surface area contributed by atoms with Crippen LogP contribution in [0.5, 0.6) is 0 Å². The highest BCUT2D eigenvalue weighted by Crippen LogP contribution is 2.15. The molecular weight excluding hydrogens is 284 g/mol. The summed E-state index contributed by atoms with van der Waals surface area (Å²) in [6.45, 7) is 2.09. The summed E-state index contributed by atoms with van der Waals surface area (Å²) in [6, 6.07) is 7.38. The molecule has 0 aliphatic heterocycles. The standard InChI is InChI=1S/C15H16N4OS/c1-2-10-9-16-15(17-10)21-8-7-13-18-12-6-4-3-5-11(12)14(20)19-13/h3-6,9H,2,7-8H2,1H3,(H,16,17)(H,18,19,20). The summed E-state index contributed by atoms with van der Waals surface area (Å²) < 4.78 is 0. The lowest BCUT2D eigenvalue weighted by atomic mass is 10.2. The van der Waals surface area contributed by atoms with Gasteiger partial charge in [-0.3, -0.25) is 4.79 Å². The van der Waals surface area contributed by atoms with E-state index in [0.717, 1.165) is 28.5 Å². The molecule has 6 heteroatoms. The molecule has 2 N–H and O–H groups in total. The van der Waals surface area contributed by atoms with Crippen LogP contribution in [0.3, 0.4) is 0 Å². The fraction of sp³-hybridized carbons (Fsp3) is 0.267. The van der Waals surface area contributed by atoms with Gasteiger partial charge in [-0.1, -0.05) is 30.8 Å². The molecule has 0 aliphatic carbocycles. The molecule has 3 aromatic rings. The summed E-state index contributed by atoms with van der Waals surface area (Å²) >= 11 is 1.63. The van der Waals surface area contributed by atoms with E-state index in [9.17, 15) is 4.79 Å². The fourth-order valence-electron chi connectivity index (χ4n) is 2.09. The van der Waals surface area contributed by atoms with Crippen molar-refractivity contribution in [2.75, 3.05) is 5.75 Å². The zero-order valence-corrected chi connectivity index (χ0v) is 12.5. The Hall–Kier alpha value is -2.08. The maximum atomic E-state index is 12.0. The van der Waals surface area contributed by atoms with Crippen molar-refractivity contribution in [1.29, 1.82) is 0 Å². The number of benzene rings is 1. The van der Waals surface area contributed by atoms with Crippen LogP contribution in [0.2, 0.25) is 0 Å². The highest BCUT2D eigenvalue weighted by Gasteiger charge is 2.04. The number of H-pyrrole nitrogens is 2. The normalized spacial score (nSPS) is 11.1. The lowest BCUT2D eigenvalue weighted by Crippen LogP contribution is -2.12. The summed E-state index contributed by atoms with van der Waals surface area (Å²) in [6.07, 6.45) is 3.51. The Balaban J connectivity index is 1.69. The van der Waals surface area contributed by atoms with Crippen LogP contribution in [0.15, 0.2) is 40.4 Å². The number of imidazole rings is 1. The van der Waals surface area contributed by atoms with Gasteiger partial charge in [0, 0.05) is 24.1 Å². The Morgan fingerprint density at radius 1 is 1.24 bits per heavy atom. The van der Waals surface area contributed by atoms with E-state index in [4.69, 9.17) is 0 Å². The lowest BCUT2D eigenvalue weighted by Gasteiger charge is -2.02. The second-order valence-electron chi connectivity index (χ2n) is 4.70. The molecule has 3 rings (SSSR count). The van der Waals surface area contributed by atoms with Crippen LogP contribution in [-0.2, 0) is 12.8 Å². The number of rotatable bonds is 5. The predicted molar refractivity (Wildman–Crippen MR) is 84.8 cm³/mol. The molecule has 108 valence electrons. The monoisotopic (exact) mass is 300 g/mol. The van der Waals surface area contributed by atoms with Crippen LogP contribution in [0.1, 0.15) is 18.4 Å². The van der Waals surface area contributed by atoms with Crippen molar-refractivity contribution in [3.05, 3.63) is 52.3 Å². The average Bonchev–Trinajstić information content (AvgIpc) is 2.95. The van der Waals surface area contributed by atoms with Crippen molar-refractivity contribution in [3.63, 3.8) is 0 Å². The number of hydrogen-bond acceptors (Lipinski definition) is 4. The quantitative estimate of drug-likeness (QED) is 0.710. The van der Waals surface area contributed by atoms with Gasteiger partial charge in [0.1, 0.15) is 5.82 Å². The van der Waals surface area contributed by atoms with Gasteiger partial charge in [-0.2, -0.15) is 0 Å². The van der Waals surface area contributed by atoms with Gasteiger partial charge >= 0.3 is 0 Å². The van der Waals surface area contributed by atoms with E-state index >= 15 is 0 Å². The third-order valence-electron chi connectivity index (χ3n) is 3.23. The number of thioether (sulfide) groups is 1. The maximum Gasteiger partial charge on any atom is 0.258 e. The van der Waals surface area contributed by atoms with Crippen molar-refractivity contribution in [1.82, 2.24) is 19.9 Å². The average molecular weight is 300 g/mol. The van der Waals surface area contributed by atoms with Crippen molar-refractivity contribution in [3.8, 4) is 0 Å². The van der Waals surface area contributed by atoms with Crippen molar-refractivity contribution >= 4 is 22.7 Å². The van der Waals surface area contributed by atoms with Crippen molar-refractivity contribution in [2.45, 2.75) is 24.9 Å². The third kappa shape index (κ3) is 3.16. The van der Waals surface area contributed by atoms with E-state index in [0.29, 0.717) is 17.6 Å². The molecule has 0 atom stereocenters. The number of nitrogens with one attached hydrogen (secondary N) is 2. The van der Waals surface area contributed by atoms with E-state index < -0.39 is 0 Å². The lowest BCUT2D eigenvalue weighted by molar-refractivity contribution is 0.944. The zero-order valence-electron chi connectivity index (χ0n) is 11.7. The Bertz CT molecular complexity index is 809. The van der Waals surface area contributed by atoms with Gasteiger partial charge in [0.25, 0.3) is 5.56 Å². The van der Waals surface area contributed by atoms with E-state index in [-0.39, 0.29) is 5.56 Å². The summed E-state index contributed by atoms with van der Waals surface area (Å²) in [4.78, 5) is 26.8. The topological polar surface area (TPSA) is 74.4 Å². The van der Waals surface area contributed by atoms with Gasteiger partial charge in [0.15, 0.2) is 5.16 Å². The molecule has 0 radical (unpaired) electrons. The fourth-order valence-corrected chi connectivity index (χ4v) is 2.91. The Morgan fingerprint density at radius 3 is 2.90 bits per heavy atom. The first-order valence-corrected chi connectivity index (χ1v) is 7.89. The molecule has 0 aliphatic rings. The SMILES string of the molecule is CCc1cnc(SCCc2nc3ccccc3c(=O)[nH]2)[nH]1. The summed E-state index contributed by atoms with van der Waals surface area (Å²) in [7, 11) is 0. The van der Waals surface area contributed by atoms with Gasteiger partial charge < -0.3 is 9.97 Å². The number of fused-ring (bicyclic) bond motifs is 1. The molecule has 1 aromatic carbocycles. The first-order valence-electron chi connectivity index (χ1n) is 6.91. The maximum absolute atomic E-state index is 12.0. The number of hydrogen-bond donors (Lipinski definition) is 2. The molecule has 0 unspecified atom stereocenters. The van der Waals surface area contributed by atoms with Gasteiger partial charge in [0.2, 0.25) is 0 Å². The zero-order chi connectivity index (χ0) is 14.7. The first-order chi connectivity index (χ1) is 10.3. The minimum absolute atomic E-state index is 0.0770. The Labute approximate surface area is 126 Å². The molecular formula is C15H16N4OS. The van der Waals surface area contributed by atoms with E-state index in [1.165, 1.54) is 0 Å². The predicted octanol–water partition coefficient (Wildman–Crippen LogP) is 2.54. The van der Waals surface area contributed by atoms with Crippen molar-refractivity contribution < 1.29 is 0 Å². The van der Waals surface area contributed by atoms with Crippen LogP contribution in [0.25, 0.3) is 10.9 Å². The van der Waals surface area contributed by atoms with Crippen LogP contribution < -0.4 is 5.56 Å². The van der Waals surface area contributed by atoms with E-state index in [1.807, 2.05) is 24.4 Å². The largest absolute Gasteiger partial charge is 0.337 e. The van der Waals surface area contributed by atoms with Crippen molar-refractivity contribution in [2.24, 2.45) is 0 Å². The molecule has 0 saturated carbocycles. The Kier molecular flexibility index (Phi) is 4.06. The van der Waals surface area contributed by atoms with Crippen LogP contribution in [0, 0.1) is 0 Å². The molecule has 2 heterocycles. The second-order valence-corrected chi connectivity index (χ2v) is 5.78. The minimum atomic E-state index is -0.0770. The molecule has 5 nitrogen and oxygen atoms in total. The number of nitrogens with zero attached hydrogens (tertiary/aromatic N) is 2. The van der Waals surface area contributed by atoms with E-state index in [2.05, 4.69) is 26.9 Å². The number of aromatic amines is 2. The highest BCUT2D eigenvalue weighted by atomic mass is 32.2. The van der Waals surface area contributed by atoms with Gasteiger partial charge in [0.05, 0.1) is 10.9 Å². The molecule has 21 heavy (non-hydrogen) atoms. The Morgan fingerprint density at radius 2 is 2.10 bits per heavy atom. The molecule has 0 saturated heterocycles. The van der Waals surface area contributed by atoms with E-state index in [1.54, 1.807) is 17.8 Å². The van der Waals surface area contributed by atoms with Gasteiger partial charge in [-0.25, -0.2) is 9.97 Å². The summed E-state index contributed by atoms with van der Waals surface area (Å²) in [5.41, 5.74) is 1.80. The van der Waals surface area contributed by atoms with Gasteiger partial charge in [-0.05, 0) is 18.6 Å². The van der Waals surface area contributed by atoms with Crippen LogP contribution in [0.4, 0.5) is 0 Å². The van der Waals surface area contributed by atoms with Crippen LogP contribution >= 0.6 is 11.8 Å².